The maximum Gasteiger partial charge on any atom is 0.106 e. The molecule has 16 heavy (non-hydrogen) atoms. The Morgan fingerprint density at radius 3 is 2.06 bits per heavy atom. The number of hydrogen-bond acceptors (Lipinski definition) is 1. The second-order valence-corrected chi connectivity index (χ2v) is 5.07. The van der Waals surface area contributed by atoms with Crippen LogP contribution >= 0.6 is 0 Å². The number of hydrogen-bond donors (Lipinski definition) is 0. The molecule has 0 spiro atoms. The monoisotopic (exact) mass is 216 g/mol. The van der Waals surface area contributed by atoms with E-state index in [1.54, 1.807) is 0 Å². The van der Waals surface area contributed by atoms with Crippen molar-refractivity contribution in [1.82, 2.24) is 0 Å². The summed E-state index contributed by atoms with van der Waals surface area (Å²) in [7, 11) is 0. The van der Waals surface area contributed by atoms with Gasteiger partial charge in [-0.05, 0) is 40.3 Å². The van der Waals surface area contributed by atoms with E-state index in [4.69, 9.17) is 4.74 Å². The SMILES string of the molecule is CC(C)c1cc2c(cc1C(C)C)=COCC=2. The number of rotatable bonds is 2. The topological polar surface area (TPSA) is 9.23 Å². The van der Waals surface area contributed by atoms with Gasteiger partial charge in [-0.15, -0.1) is 0 Å². The average molecular weight is 216 g/mol. The number of benzene rings is 1. The van der Waals surface area contributed by atoms with Gasteiger partial charge < -0.3 is 4.74 Å². The minimum Gasteiger partial charge on any atom is -0.496 e. The third-order valence-electron chi connectivity index (χ3n) is 3.14. The van der Waals surface area contributed by atoms with Crippen LogP contribution < -0.4 is 10.4 Å². The van der Waals surface area contributed by atoms with Crippen molar-refractivity contribution >= 4 is 12.3 Å². The molecule has 1 aliphatic rings. The van der Waals surface area contributed by atoms with Gasteiger partial charge in [-0.25, -0.2) is 0 Å². The Morgan fingerprint density at radius 1 is 0.938 bits per heavy atom. The largest absolute Gasteiger partial charge is 0.496 e. The molecule has 0 aromatic heterocycles. The molecule has 0 saturated carbocycles. The Morgan fingerprint density at radius 2 is 1.50 bits per heavy atom. The van der Waals surface area contributed by atoms with Crippen LogP contribution in [0.1, 0.15) is 50.7 Å². The van der Waals surface area contributed by atoms with Gasteiger partial charge in [0, 0.05) is 5.22 Å². The molecule has 0 fully saturated rings. The Bertz CT molecular complexity index is 448. The summed E-state index contributed by atoms with van der Waals surface area (Å²) >= 11 is 0. The van der Waals surface area contributed by atoms with Crippen LogP contribution in [0.3, 0.4) is 0 Å². The molecule has 1 nitrogen and oxygen atoms in total. The standard InChI is InChI=1S/C15H20O/c1-10(2)14-7-12-5-6-16-9-13(12)8-15(14)11(3)4/h5,7-11H,6H2,1-4H3. The van der Waals surface area contributed by atoms with Crippen molar-refractivity contribution < 1.29 is 4.74 Å². The summed E-state index contributed by atoms with van der Waals surface area (Å²) in [6.45, 7) is 9.72. The summed E-state index contributed by atoms with van der Waals surface area (Å²) in [5.41, 5.74) is 2.92. The van der Waals surface area contributed by atoms with Crippen molar-refractivity contribution in [1.29, 1.82) is 0 Å². The summed E-state index contributed by atoms with van der Waals surface area (Å²) in [6.07, 6.45) is 4.04. The highest BCUT2D eigenvalue weighted by atomic mass is 16.5. The van der Waals surface area contributed by atoms with Crippen LogP contribution in [0, 0.1) is 0 Å². The molecule has 0 bridgehead atoms. The number of fused-ring (bicyclic) bond motifs is 1. The van der Waals surface area contributed by atoms with Crippen molar-refractivity contribution in [2.75, 3.05) is 6.61 Å². The van der Waals surface area contributed by atoms with Gasteiger partial charge in [0.15, 0.2) is 0 Å². The second kappa shape index (κ2) is 4.32. The van der Waals surface area contributed by atoms with E-state index >= 15 is 0 Å². The average Bonchev–Trinajstić information content (AvgIpc) is 2.27. The predicted molar refractivity (Wildman–Crippen MR) is 68.8 cm³/mol. The predicted octanol–water partition coefficient (Wildman–Crippen LogP) is 2.48. The molecule has 0 atom stereocenters. The second-order valence-electron chi connectivity index (χ2n) is 5.07. The van der Waals surface area contributed by atoms with Crippen LogP contribution in [0.2, 0.25) is 0 Å². The maximum absolute atomic E-state index is 5.35. The molecule has 0 amide bonds. The van der Waals surface area contributed by atoms with Crippen LogP contribution in [0.5, 0.6) is 0 Å². The van der Waals surface area contributed by atoms with Crippen LogP contribution in [-0.4, -0.2) is 6.61 Å². The molecule has 1 heterocycles. The minimum atomic E-state index is 0.568. The molecule has 0 N–H and O–H groups in total. The third kappa shape index (κ3) is 1.99. The van der Waals surface area contributed by atoms with E-state index in [0.29, 0.717) is 18.4 Å². The van der Waals surface area contributed by atoms with Crippen molar-refractivity contribution in [3.05, 3.63) is 33.7 Å². The van der Waals surface area contributed by atoms with Gasteiger partial charge in [-0.1, -0.05) is 33.8 Å². The van der Waals surface area contributed by atoms with Gasteiger partial charge in [-0.2, -0.15) is 0 Å². The van der Waals surface area contributed by atoms with E-state index in [9.17, 15) is 0 Å². The fourth-order valence-electron chi connectivity index (χ4n) is 2.22. The van der Waals surface area contributed by atoms with Crippen LogP contribution in [0.4, 0.5) is 0 Å². The summed E-state index contributed by atoms with van der Waals surface area (Å²) in [6, 6.07) is 4.61. The summed E-state index contributed by atoms with van der Waals surface area (Å²) in [4.78, 5) is 0. The van der Waals surface area contributed by atoms with Gasteiger partial charge in [0.2, 0.25) is 0 Å². The van der Waals surface area contributed by atoms with Crippen LogP contribution in [0.25, 0.3) is 12.3 Å². The van der Waals surface area contributed by atoms with E-state index in [2.05, 4.69) is 45.9 Å². The maximum atomic E-state index is 5.35. The zero-order valence-corrected chi connectivity index (χ0v) is 10.6. The lowest BCUT2D eigenvalue weighted by molar-refractivity contribution is 0.346. The molecule has 1 heteroatoms. The van der Waals surface area contributed by atoms with Gasteiger partial charge >= 0.3 is 0 Å². The van der Waals surface area contributed by atoms with E-state index in [1.165, 1.54) is 21.6 Å². The molecule has 0 unspecified atom stereocenters. The van der Waals surface area contributed by atoms with Gasteiger partial charge in [-0.3, -0.25) is 0 Å². The first-order valence-electron chi connectivity index (χ1n) is 6.05. The molecule has 1 aromatic carbocycles. The Kier molecular flexibility index (Phi) is 3.04. The van der Waals surface area contributed by atoms with E-state index < -0.39 is 0 Å². The zero-order chi connectivity index (χ0) is 11.7. The smallest absolute Gasteiger partial charge is 0.106 e. The van der Waals surface area contributed by atoms with Crippen molar-refractivity contribution in [2.45, 2.75) is 39.5 Å². The molecule has 1 aliphatic heterocycles. The summed E-state index contributed by atoms with van der Waals surface area (Å²) < 4.78 is 5.35. The first-order chi connectivity index (χ1) is 7.59. The van der Waals surface area contributed by atoms with Crippen molar-refractivity contribution in [2.24, 2.45) is 0 Å². The highest BCUT2D eigenvalue weighted by molar-refractivity contribution is 5.41. The van der Waals surface area contributed by atoms with Crippen molar-refractivity contribution in [3.63, 3.8) is 0 Å². The lowest BCUT2D eigenvalue weighted by Gasteiger charge is -2.17. The molecule has 0 aliphatic carbocycles. The number of ether oxygens (including phenoxy) is 1. The fraction of sp³-hybridized carbons (Fsp3) is 0.467. The Hall–Kier alpha value is -1.24. The fourth-order valence-corrected chi connectivity index (χ4v) is 2.22. The molecule has 0 saturated heterocycles. The minimum absolute atomic E-state index is 0.568. The first-order valence-corrected chi connectivity index (χ1v) is 6.05. The molecular formula is C15H20O. The Labute approximate surface area is 97.4 Å². The first kappa shape index (κ1) is 11.3. The summed E-state index contributed by atoms with van der Waals surface area (Å²) in [5.74, 6) is 1.15. The third-order valence-corrected chi connectivity index (χ3v) is 3.14. The van der Waals surface area contributed by atoms with E-state index in [1.807, 2.05) is 6.26 Å². The van der Waals surface area contributed by atoms with Crippen LogP contribution in [0.15, 0.2) is 12.1 Å². The molecule has 1 aromatic rings. The molecule has 0 radical (unpaired) electrons. The lowest BCUT2D eigenvalue weighted by atomic mass is 9.89. The van der Waals surface area contributed by atoms with Gasteiger partial charge in [0.05, 0.1) is 6.26 Å². The van der Waals surface area contributed by atoms with Gasteiger partial charge in [0.25, 0.3) is 0 Å². The highest BCUT2D eigenvalue weighted by Crippen LogP contribution is 2.23. The van der Waals surface area contributed by atoms with E-state index in [-0.39, 0.29) is 0 Å². The highest BCUT2D eigenvalue weighted by Gasteiger charge is 2.11. The van der Waals surface area contributed by atoms with Crippen LogP contribution in [-0.2, 0) is 4.74 Å². The Balaban J connectivity index is 2.70. The molecular weight excluding hydrogens is 196 g/mol. The zero-order valence-electron chi connectivity index (χ0n) is 10.6. The lowest BCUT2D eigenvalue weighted by Crippen LogP contribution is -2.30. The quantitative estimate of drug-likeness (QED) is 0.738. The normalized spacial score (nSPS) is 14.1. The van der Waals surface area contributed by atoms with E-state index in [0.717, 1.165) is 0 Å². The molecule has 2 rings (SSSR count). The van der Waals surface area contributed by atoms with Crippen molar-refractivity contribution in [3.8, 4) is 0 Å². The molecule has 86 valence electrons. The van der Waals surface area contributed by atoms with Gasteiger partial charge in [0.1, 0.15) is 6.61 Å². The summed E-state index contributed by atoms with van der Waals surface area (Å²) in [5, 5.41) is 2.54.